The second-order valence-electron chi connectivity index (χ2n) is 6.93. The van der Waals surface area contributed by atoms with E-state index in [1.54, 1.807) is 32.2 Å². The summed E-state index contributed by atoms with van der Waals surface area (Å²) in [6.45, 7) is 2.17. The molecular formula is C21H29N3O4S. The fourth-order valence-electron chi connectivity index (χ4n) is 3.03. The van der Waals surface area contributed by atoms with Crippen LogP contribution in [0.1, 0.15) is 35.3 Å². The molecule has 0 radical (unpaired) electrons. The first-order valence-corrected chi connectivity index (χ1v) is 11.1. The first-order valence-electron chi connectivity index (χ1n) is 9.45. The maximum absolute atomic E-state index is 12.7. The van der Waals surface area contributed by atoms with E-state index in [9.17, 15) is 13.2 Å². The van der Waals surface area contributed by atoms with Crippen LogP contribution >= 0.6 is 0 Å². The number of benzene rings is 2. The average molecular weight is 420 g/mol. The van der Waals surface area contributed by atoms with Gasteiger partial charge in [0.25, 0.3) is 5.91 Å². The summed E-state index contributed by atoms with van der Waals surface area (Å²) < 4.78 is 31.9. The van der Waals surface area contributed by atoms with Gasteiger partial charge in [-0.25, -0.2) is 8.42 Å². The SMILES string of the molecule is CCCS(=O)(=O)Nc1cccc(C(=O)NCC(c2ccccc2OC)N(C)C)c1. The van der Waals surface area contributed by atoms with Gasteiger partial charge in [-0.1, -0.05) is 31.2 Å². The molecule has 0 aliphatic heterocycles. The van der Waals surface area contributed by atoms with Crippen LogP contribution in [0.2, 0.25) is 0 Å². The average Bonchev–Trinajstić information content (AvgIpc) is 2.67. The molecule has 2 rings (SSSR count). The van der Waals surface area contributed by atoms with E-state index >= 15 is 0 Å². The third-order valence-corrected chi connectivity index (χ3v) is 5.94. The molecule has 1 amide bonds. The van der Waals surface area contributed by atoms with Crippen LogP contribution in [0.5, 0.6) is 5.75 Å². The van der Waals surface area contributed by atoms with Gasteiger partial charge < -0.3 is 15.0 Å². The number of carbonyl (C=O) groups is 1. The zero-order valence-corrected chi connectivity index (χ0v) is 18.1. The summed E-state index contributed by atoms with van der Waals surface area (Å²) in [7, 11) is 2.08. The molecule has 0 aromatic heterocycles. The number of carbonyl (C=O) groups excluding carboxylic acids is 1. The van der Waals surface area contributed by atoms with Gasteiger partial charge in [-0.15, -0.1) is 0 Å². The monoisotopic (exact) mass is 419 g/mol. The lowest BCUT2D eigenvalue weighted by molar-refractivity contribution is 0.0941. The van der Waals surface area contributed by atoms with Gasteiger partial charge in [-0.05, 0) is 44.8 Å². The highest BCUT2D eigenvalue weighted by molar-refractivity contribution is 7.92. The van der Waals surface area contributed by atoms with Crippen LogP contribution in [0.3, 0.4) is 0 Å². The van der Waals surface area contributed by atoms with E-state index in [1.165, 1.54) is 6.07 Å². The molecule has 0 aliphatic carbocycles. The van der Waals surface area contributed by atoms with Crippen LogP contribution in [0.25, 0.3) is 0 Å². The molecule has 0 heterocycles. The van der Waals surface area contributed by atoms with Gasteiger partial charge >= 0.3 is 0 Å². The fraction of sp³-hybridized carbons (Fsp3) is 0.381. The summed E-state index contributed by atoms with van der Waals surface area (Å²) in [5.74, 6) is 0.517. The van der Waals surface area contributed by atoms with Crippen molar-refractivity contribution >= 4 is 21.6 Å². The van der Waals surface area contributed by atoms with Crippen molar-refractivity contribution in [3.8, 4) is 5.75 Å². The summed E-state index contributed by atoms with van der Waals surface area (Å²) >= 11 is 0. The molecule has 7 nitrogen and oxygen atoms in total. The Balaban J connectivity index is 2.12. The lowest BCUT2D eigenvalue weighted by Gasteiger charge is -2.26. The summed E-state index contributed by atoms with van der Waals surface area (Å²) in [4.78, 5) is 14.7. The number of nitrogens with zero attached hydrogens (tertiary/aromatic N) is 1. The number of likely N-dealkylation sites (N-methyl/N-ethyl adjacent to an activating group) is 1. The minimum absolute atomic E-state index is 0.0346. The molecular weight excluding hydrogens is 390 g/mol. The molecule has 29 heavy (non-hydrogen) atoms. The van der Waals surface area contributed by atoms with Crippen molar-refractivity contribution in [2.75, 3.05) is 38.2 Å². The van der Waals surface area contributed by atoms with Gasteiger partial charge in [-0.2, -0.15) is 0 Å². The fourth-order valence-corrected chi connectivity index (χ4v) is 4.15. The second-order valence-corrected chi connectivity index (χ2v) is 8.77. The molecule has 0 spiro atoms. The Bertz CT molecular complexity index is 929. The number of rotatable bonds is 10. The molecule has 0 aliphatic rings. The highest BCUT2D eigenvalue weighted by Gasteiger charge is 2.19. The molecule has 2 aromatic carbocycles. The Morgan fingerprint density at radius 2 is 1.86 bits per heavy atom. The van der Waals surface area contributed by atoms with Gasteiger partial charge in [0.2, 0.25) is 10.0 Å². The van der Waals surface area contributed by atoms with E-state index in [2.05, 4.69) is 10.0 Å². The Kier molecular flexibility index (Phi) is 8.04. The van der Waals surface area contributed by atoms with Gasteiger partial charge in [0.15, 0.2) is 0 Å². The van der Waals surface area contributed by atoms with Crippen molar-refractivity contribution < 1.29 is 17.9 Å². The quantitative estimate of drug-likeness (QED) is 0.618. The molecule has 0 fully saturated rings. The smallest absolute Gasteiger partial charge is 0.251 e. The van der Waals surface area contributed by atoms with E-state index in [0.717, 1.165) is 11.3 Å². The minimum Gasteiger partial charge on any atom is -0.496 e. The van der Waals surface area contributed by atoms with Crippen LogP contribution < -0.4 is 14.8 Å². The Hall–Kier alpha value is -2.58. The molecule has 0 bridgehead atoms. The Morgan fingerprint density at radius 1 is 1.14 bits per heavy atom. The van der Waals surface area contributed by atoms with Crippen LogP contribution in [0.4, 0.5) is 5.69 Å². The van der Waals surface area contributed by atoms with Crippen LogP contribution in [-0.2, 0) is 10.0 Å². The second kappa shape index (κ2) is 10.3. The molecule has 0 saturated carbocycles. The van der Waals surface area contributed by atoms with Crippen LogP contribution in [0, 0.1) is 0 Å². The highest BCUT2D eigenvalue weighted by atomic mass is 32.2. The number of para-hydroxylation sites is 1. The van der Waals surface area contributed by atoms with Crippen LogP contribution in [0.15, 0.2) is 48.5 Å². The lowest BCUT2D eigenvalue weighted by atomic mass is 10.0. The Morgan fingerprint density at radius 3 is 2.52 bits per heavy atom. The van der Waals surface area contributed by atoms with E-state index in [0.29, 0.717) is 24.2 Å². The molecule has 1 unspecified atom stereocenters. The zero-order chi connectivity index (χ0) is 21.4. The number of nitrogens with one attached hydrogen (secondary N) is 2. The maximum Gasteiger partial charge on any atom is 0.251 e. The standard InChI is InChI=1S/C21H29N3O4S/c1-5-13-29(26,27)23-17-10-8-9-16(14-17)21(25)22-15-19(24(2)3)18-11-6-7-12-20(18)28-4/h6-12,14,19,23H,5,13,15H2,1-4H3,(H,22,25). The van der Waals surface area contributed by atoms with Crippen molar-refractivity contribution in [2.45, 2.75) is 19.4 Å². The van der Waals surface area contributed by atoms with Crippen molar-refractivity contribution in [3.05, 3.63) is 59.7 Å². The first-order chi connectivity index (χ1) is 13.8. The zero-order valence-electron chi connectivity index (χ0n) is 17.3. The molecule has 2 N–H and O–H groups in total. The number of methoxy groups -OCH3 is 1. The normalized spacial score (nSPS) is 12.4. The van der Waals surface area contributed by atoms with Crippen molar-refractivity contribution in [1.29, 1.82) is 0 Å². The molecule has 158 valence electrons. The maximum atomic E-state index is 12.7. The van der Waals surface area contributed by atoms with E-state index in [4.69, 9.17) is 4.74 Å². The number of ether oxygens (including phenoxy) is 1. The largest absolute Gasteiger partial charge is 0.496 e. The lowest BCUT2D eigenvalue weighted by Crippen LogP contribution is -2.34. The van der Waals surface area contributed by atoms with E-state index < -0.39 is 10.0 Å². The summed E-state index contributed by atoms with van der Waals surface area (Å²) in [5, 5.41) is 2.93. The van der Waals surface area contributed by atoms with Crippen molar-refractivity contribution in [3.63, 3.8) is 0 Å². The summed E-state index contributed by atoms with van der Waals surface area (Å²) in [5.41, 5.74) is 1.74. The Labute approximate surface area is 173 Å². The topological polar surface area (TPSA) is 87.7 Å². The number of amides is 1. The predicted octanol–water partition coefficient (Wildman–Crippen LogP) is 2.88. The third kappa shape index (κ3) is 6.47. The number of anilines is 1. The first kappa shape index (κ1) is 22.7. The van der Waals surface area contributed by atoms with Crippen LogP contribution in [-0.4, -0.2) is 52.7 Å². The number of hydrogen-bond acceptors (Lipinski definition) is 5. The summed E-state index contributed by atoms with van der Waals surface area (Å²) in [6, 6.07) is 14.1. The minimum atomic E-state index is -3.41. The van der Waals surface area contributed by atoms with Gasteiger partial charge in [0.05, 0.1) is 18.9 Å². The molecule has 1 atom stereocenters. The van der Waals surface area contributed by atoms with Gasteiger partial charge in [0, 0.05) is 23.4 Å². The molecule has 2 aromatic rings. The van der Waals surface area contributed by atoms with Gasteiger partial charge in [0.1, 0.15) is 5.75 Å². The van der Waals surface area contributed by atoms with E-state index in [-0.39, 0.29) is 17.7 Å². The summed E-state index contributed by atoms with van der Waals surface area (Å²) in [6.07, 6.45) is 0.518. The number of hydrogen-bond donors (Lipinski definition) is 2. The van der Waals surface area contributed by atoms with Crippen molar-refractivity contribution in [2.24, 2.45) is 0 Å². The van der Waals surface area contributed by atoms with E-state index in [1.807, 2.05) is 43.3 Å². The third-order valence-electron chi connectivity index (χ3n) is 4.45. The number of sulfonamides is 1. The highest BCUT2D eigenvalue weighted by Crippen LogP contribution is 2.27. The van der Waals surface area contributed by atoms with Gasteiger partial charge in [-0.3, -0.25) is 9.52 Å². The predicted molar refractivity (Wildman–Crippen MR) is 116 cm³/mol. The van der Waals surface area contributed by atoms with Crippen molar-refractivity contribution in [1.82, 2.24) is 10.2 Å². The molecule has 0 saturated heterocycles. The molecule has 8 heteroatoms.